The summed E-state index contributed by atoms with van der Waals surface area (Å²) in [7, 11) is -3.15. The van der Waals surface area contributed by atoms with Gasteiger partial charge in [0.1, 0.15) is 0 Å². The van der Waals surface area contributed by atoms with E-state index in [4.69, 9.17) is 18.0 Å². The molecule has 0 radical (unpaired) electrons. The summed E-state index contributed by atoms with van der Waals surface area (Å²) in [5.74, 6) is 0.312. The van der Waals surface area contributed by atoms with Gasteiger partial charge in [0.25, 0.3) is 0 Å². The summed E-state index contributed by atoms with van der Waals surface area (Å²) in [6.07, 6.45) is 0.445. The summed E-state index contributed by atoms with van der Waals surface area (Å²) in [4.78, 5) is 0.355. The van der Waals surface area contributed by atoms with Crippen LogP contribution in [0.2, 0.25) is 0 Å². The van der Waals surface area contributed by atoms with E-state index in [0.717, 1.165) is 0 Å². The number of rotatable bonds is 7. The van der Waals surface area contributed by atoms with Crippen molar-refractivity contribution in [1.29, 1.82) is 0 Å². The highest BCUT2D eigenvalue weighted by molar-refractivity contribution is 7.89. The Morgan fingerprint density at radius 3 is 2.33 bits per heavy atom. The summed E-state index contributed by atoms with van der Waals surface area (Å²) < 4.78 is 25.1. The van der Waals surface area contributed by atoms with E-state index in [0.29, 0.717) is 24.5 Å². The molecule has 0 heterocycles. The second-order valence-corrected chi connectivity index (χ2v) is 6.42. The first-order valence-electron chi connectivity index (χ1n) is 5.05. The van der Waals surface area contributed by atoms with Crippen molar-refractivity contribution in [2.75, 3.05) is 18.8 Å². The first-order chi connectivity index (χ1) is 6.79. The molecule has 0 aliphatic heterocycles. The number of nitrogens with zero attached hydrogens (tertiary/aromatic N) is 1. The monoisotopic (exact) mass is 252 g/mol. The molecule has 0 aromatic rings. The van der Waals surface area contributed by atoms with Gasteiger partial charge in [-0.2, -0.15) is 0 Å². The average molecular weight is 252 g/mol. The molecule has 4 nitrogen and oxygen atoms in total. The van der Waals surface area contributed by atoms with Crippen molar-refractivity contribution >= 4 is 27.2 Å². The third kappa shape index (κ3) is 6.06. The van der Waals surface area contributed by atoms with Gasteiger partial charge in [-0.25, -0.2) is 12.7 Å². The number of hydrogen-bond donors (Lipinski definition) is 1. The predicted octanol–water partition coefficient (Wildman–Crippen LogP) is 0.970. The van der Waals surface area contributed by atoms with E-state index >= 15 is 0 Å². The van der Waals surface area contributed by atoms with Crippen LogP contribution in [0.1, 0.15) is 27.2 Å². The molecule has 0 saturated carbocycles. The van der Waals surface area contributed by atoms with E-state index in [-0.39, 0.29) is 11.7 Å². The summed E-state index contributed by atoms with van der Waals surface area (Å²) in [5, 5.41) is 0. The van der Waals surface area contributed by atoms with Crippen molar-refractivity contribution in [3.05, 3.63) is 0 Å². The zero-order chi connectivity index (χ0) is 12.1. The zero-order valence-electron chi connectivity index (χ0n) is 9.56. The van der Waals surface area contributed by atoms with Gasteiger partial charge in [-0.05, 0) is 5.92 Å². The largest absolute Gasteiger partial charge is 0.393 e. The van der Waals surface area contributed by atoms with Crippen LogP contribution in [-0.4, -0.2) is 36.6 Å². The van der Waals surface area contributed by atoms with Crippen LogP contribution in [0.5, 0.6) is 0 Å². The van der Waals surface area contributed by atoms with Crippen LogP contribution in [-0.2, 0) is 10.0 Å². The highest BCUT2D eigenvalue weighted by Gasteiger charge is 2.21. The van der Waals surface area contributed by atoms with Crippen LogP contribution < -0.4 is 5.73 Å². The lowest BCUT2D eigenvalue weighted by atomic mass is 10.3. The lowest BCUT2D eigenvalue weighted by Crippen LogP contribution is -2.36. The summed E-state index contributed by atoms with van der Waals surface area (Å²) >= 11 is 4.73. The molecule has 0 saturated heterocycles. The number of sulfonamides is 1. The van der Waals surface area contributed by atoms with Gasteiger partial charge in [0.15, 0.2) is 0 Å². The molecule has 0 atom stereocenters. The van der Waals surface area contributed by atoms with Gasteiger partial charge in [0, 0.05) is 19.5 Å². The van der Waals surface area contributed by atoms with Crippen LogP contribution in [0.15, 0.2) is 0 Å². The number of hydrogen-bond acceptors (Lipinski definition) is 3. The fourth-order valence-corrected chi connectivity index (χ4v) is 3.16. The zero-order valence-corrected chi connectivity index (χ0v) is 11.2. The van der Waals surface area contributed by atoms with Crippen molar-refractivity contribution in [3.8, 4) is 0 Å². The molecule has 0 spiro atoms. The van der Waals surface area contributed by atoms with E-state index in [1.54, 1.807) is 0 Å². The number of nitrogens with two attached hydrogens (primary N) is 1. The van der Waals surface area contributed by atoms with Gasteiger partial charge in [-0.15, -0.1) is 0 Å². The van der Waals surface area contributed by atoms with Crippen LogP contribution in [0.4, 0.5) is 0 Å². The topological polar surface area (TPSA) is 63.4 Å². The maximum absolute atomic E-state index is 11.8. The Bertz CT molecular complexity index is 299. The molecule has 0 aromatic carbocycles. The Balaban J connectivity index is 4.45. The first-order valence-corrected chi connectivity index (χ1v) is 7.07. The van der Waals surface area contributed by atoms with Gasteiger partial charge in [-0.3, -0.25) is 0 Å². The minimum atomic E-state index is -3.15. The highest BCUT2D eigenvalue weighted by atomic mass is 32.2. The second-order valence-electron chi connectivity index (χ2n) is 3.88. The number of thiocarbonyl (C=S) groups is 1. The fourth-order valence-electron chi connectivity index (χ4n) is 1.26. The normalized spacial score (nSPS) is 12.3. The van der Waals surface area contributed by atoms with Gasteiger partial charge >= 0.3 is 0 Å². The molecule has 2 N–H and O–H groups in total. The van der Waals surface area contributed by atoms with Crippen molar-refractivity contribution in [2.24, 2.45) is 11.7 Å². The van der Waals surface area contributed by atoms with E-state index < -0.39 is 10.0 Å². The summed E-state index contributed by atoms with van der Waals surface area (Å²) in [6.45, 7) is 6.45. The van der Waals surface area contributed by atoms with E-state index in [9.17, 15) is 8.42 Å². The molecule has 15 heavy (non-hydrogen) atoms. The molecule has 0 amide bonds. The summed E-state index contributed by atoms with van der Waals surface area (Å²) in [5.41, 5.74) is 5.35. The lowest BCUT2D eigenvalue weighted by molar-refractivity contribution is 0.432. The quantitative estimate of drug-likeness (QED) is 0.686. The van der Waals surface area contributed by atoms with Crippen LogP contribution in [0, 0.1) is 5.92 Å². The Labute approximate surface area is 97.9 Å². The summed E-state index contributed by atoms with van der Waals surface area (Å²) in [6, 6.07) is 0. The molecule has 0 aliphatic carbocycles. The Morgan fingerprint density at radius 2 is 2.00 bits per heavy atom. The second kappa shape index (κ2) is 6.40. The highest BCUT2D eigenvalue weighted by Crippen LogP contribution is 2.07. The lowest BCUT2D eigenvalue weighted by Gasteiger charge is -2.21. The molecule has 90 valence electrons. The Kier molecular flexibility index (Phi) is 6.31. The SMILES string of the molecule is CCN(CCC(N)=S)S(=O)(=O)CC(C)C. The van der Waals surface area contributed by atoms with Crippen LogP contribution >= 0.6 is 12.2 Å². The van der Waals surface area contributed by atoms with Crippen molar-refractivity contribution in [2.45, 2.75) is 27.2 Å². The van der Waals surface area contributed by atoms with Crippen LogP contribution in [0.3, 0.4) is 0 Å². The first kappa shape index (κ1) is 14.8. The molecule has 0 aromatic heterocycles. The Morgan fingerprint density at radius 1 is 1.47 bits per heavy atom. The molecule has 0 aliphatic rings. The van der Waals surface area contributed by atoms with Gasteiger partial charge < -0.3 is 5.73 Å². The Hall–Kier alpha value is -0.200. The maximum Gasteiger partial charge on any atom is 0.214 e. The molecule has 0 bridgehead atoms. The van der Waals surface area contributed by atoms with Crippen molar-refractivity contribution in [1.82, 2.24) is 4.31 Å². The molecule has 6 heteroatoms. The van der Waals surface area contributed by atoms with E-state index in [1.807, 2.05) is 20.8 Å². The van der Waals surface area contributed by atoms with E-state index in [2.05, 4.69) is 0 Å². The minimum absolute atomic E-state index is 0.133. The van der Waals surface area contributed by atoms with E-state index in [1.165, 1.54) is 4.31 Å². The maximum atomic E-state index is 11.8. The fraction of sp³-hybridized carbons (Fsp3) is 0.889. The third-order valence-electron chi connectivity index (χ3n) is 1.90. The molecular weight excluding hydrogens is 232 g/mol. The van der Waals surface area contributed by atoms with Crippen molar-refractivity contribution in [3.63, 3.8) is 0 Å². The molecular formula is C9H20N2O2S2. The minimum Gasteiger partial charge on any atom is -0.393 e. The average Bonchev–Trinajstić information content (AvgIpc) is 2.01. The molecule has 0 unspecified atom stereocenters. The standard InChI is InChI=1S/C9H20N2O2S2/c1-4-11(6-5-9(10)14)15(12,13)7-8(2)3/h8H,4-7H2,1-3H3,(H2,10,14). The predicted molar refractivity (Wildman–Crippen MR) is 67.3 cm³/mol. The van der Waals surface area contributed by atoms with Gasteiger partial charge in [0.05, 0.1) is 10.7 Å². The molecule has 0 rings (SSSR count). The smallest absolute Gasteiger partial charge is 0.214 e. The van der Waals surface area contributed by atoms with Crippen molar-refractivity contribution < 1.29 is 8.42 Å². The third-order valence-corrected chi connectivity index (χ3v) is 4.42. The van der Waals surface area contributed by atoms with Gasteiger partial charge in [0.2, 0.25) is 10.0 Å². The van der Waals surface area contributed by atoms with Gasteiger partial charge in [-0.1, -0.05) is 33.0 Å². The van der Waals surface area contributed by atoms with Crippen LogP contribution in [0.25, 0.3) is 0 Å². The molecule has 0 fully saturated rings.